The van der Waals surface area contributed by atoms with Crippen LogP contribution in [-0.4, -0.2) is 31.9 Å². The fraction of sp³-hybridized carbons (Fsp3) is 0.462. The zero-order chi connectivity index (χ0) is 13.9. The highest BCUT2D eigenvalue weighted by molar-refractivity contribution is 7.91. The second-order valence-corrected chi connectivity index (χ2v) is 7.14. The van der Waals surface area contributed by atoms with E-state index in [9.17, 15) is 13.2 Å². The average molecular weight is 282 g/mol. The monoisotopic (exact) mass is 282 g/mol. The first-order valence-corrected chi connectivity index (χ1v) is 8.11. The number of hydrogen-bond acceptors (Lipinski definition) is 4. The Kier molecular flexibility index (Phi) is 4.09. The maximum atomic E-state index is 11.3. The van der Waals surface area contributed by atoms with Gasteiger partial charge in [-0.2, -0.15) is 0 Å². The lowest BCUT2D eigenvalue weighted by atomic mass is 10.1. The van der Waals surface area contributed by atoms with Crippen LogP contribution < -0.4 is 10.6 Å². The molecule has 0 radical (unpaired) electrons. The molecule has 0 bridgehead atoms. The lowest BCUT2D eigenvalue weighted by Crippen LogP contribution is -2.32. The first-order valence-electron chi connectivity index (χ1n) is 6.29. The van der Waals surface area contributed by atoms with Crippen molar-refractivity contribution in [3.63, 3.8) is 0 Å². The van der Waals surface area contributed by atoms with E-state index in [1.807, 2.05) is 24.3 Å². The van der Waals surface area contributed by atoms with E-state index in [2.05, 4.69) is 10.6 Å². The van der Waals surface area contributed by atoms with Gasteiger partial charge in [0.05, 0.1) is 11.5 Å². The van der Waals surface area contributed by atoms with E-state index in [-0.39, 0.29) is 23.5 Å². The van der Waals surface area contributed by atoms with Crippen LogP contribution in [-0.2, 0) is 14.6 Å². The quantitative estimate of drug-likeness (QED) is 0.883. The van der Waals surface area contributed by atoms with Gasteiger partial charge in [-0.05, 0) is 31.0 Å². The lowest BCUT2D eigenvalue weighted by molar-refractivity contribution is -0.114. The summed E-state index contributed by atoms with van der Waals surface area (Å²) in [5.74, 6) is 0.382. The van der Waals surface area contributed by atoms with Gasteiger partial charge in [-0.15, -0.1) is 0 Å². The van der Waals surface area contributed by atoms with Crippen LogP contribution >= 0.6 is 0 Å². The number of benzene rings is 1. The summed E-state index contributed by atoms with van der Waals surface area (Å²) in [6, 6.07) is 7.61. The molecule has 0 spiro atoms. The molecule has 0 unspecified atom stereocenters. The van der Waals surface area contributed by atoms with Crippen LogP contribution in [0.5, 0.6) is 0 Å². The first-order chi connectivity index (χ1) is 8.94. The van der Waals surface area contributed by atoms with Crippen molar-refractivity contribution in [3.8, 4) is 0 Å². The SMILES string of the molecule is CC(=O)Nc1cccc(NC2CCS(=O)(=O)CC2)c1. The van der Waals surface area contributed by atoms with Crippen LogP contribution in [0, 0.1) is 0 Å². The maximum absolute atomic E-state index is 11.3. The summed E-state index contributed by atoms with van der Waals surface area (Å²) >= 11 is 0. The van der Waals surface area contributed by atoms with E-state index in [4.69, 9.17) is 0 Å². The summed E-state index contributed by atoms with van der Waals surface area (Å²) in [4.78, 5) is 11.0. The van der Waals surface area contributed by atoms with Crippen molar-refractivity contribution >= 4 is 27.1 Å². The Labute approximate surface area is 113 Å². The van der Waals surface area contributed by atoms with E-state index < -0.39 is 9.84 Å². The molecule has 1 amide bonds. The number of carbonyl (C=O) groups is 1. The van der Waals surface area contributed by atoms with Crippen LogP contribution in [0.3, 0.4) is 0 Å². The molecule has 1 aliphatic heterocycles. The van der Waals surface area contributed by atoms with E-state index >= 15 is 0 Å². The molecule has 1 aromatic rings. The van der Waals surface area contributed by atoms with Gasteiger partial charge >= 0.3 is 0 Å². The third-order valence-corrected chi connectivity index (χ3v) is 4.82. The predicted molar refractivity (Wildman–Crippen MR) is 76.0 cm³/mol. The van der Waals surface area contributed by atoms with Crippen molar-refractivity contribution in [2.45, 2.75) is 25.8 Å². The van der Waals surface area contributed by atoms with Crippen LogP contribution in [0.4, 0.5) is 11.4 Å². The fourth-order valence-electron chi connectivity index (χ4n) is 2.16. The molecular weight excluding hydrogens is 264 g/mol. The molecule has 1 saturated heterocycles. The minimum Gasteiger partial charge on any atom is -0.382 e. The third kappa shape index (κ3) is 4.24. The summed E-state index contributed by atoms with van der Waals surface area (Å²) < 4.78 is 22.7. The molecule has 6 heteroatoms. The van der Waals surface area contributed by atoms with Gasteiger partial charge in [0.2, 0.25) is 5.91 Å². The van der Waals surface area contributed by atoms with Crippen LogP contribution in [0.1, 0.15) is 19.8 Å². The molecule has 5 nitrogen and oxygen atoms in total. The van der Waals surface area contributed by atoms with E-state index in [1.54, 1.807) is 0 Å². The van der Waals surface area contributed by atoms with E-state index in [0.717, 1.165) is 11.4 Å². The Morgan fingerprint density at radius 3 is 2.47 bits per heavy atom. The van der Waals surface area contributed by atoms with Gasteiger partial charge in [0.25, 0.3) is 0 Å². The number of carbonyl (C=O) groups excluding carboxylic acids is 1. The number of nitrogens with one attached hydrogen (secondary N) is 2. The maximum Gasteiger partial charge on any atom is 0.221 e. The molecular formula is C13H18N2O3S. The number of hydrogen-bond donors (Lipinski definition) is 2. The third-order valence-electron chi connectivity index (χ3n) is 3.11. The molecule has 0 atom stereocenters. The Morgan fingerprint density at radius 1 is 1.21 bits per heavy atom. The normalized spacial score (nSPS) is 18.8. The Bertz CT molecular complexity index is 555. The van der Waals surface area contributed by atoms with Crippen molar-refractivity contribution in [1.82, 2.24) is 0 Å². The standard InChI is InChI=1S/C13H18N2O3S/c1-10(16)14-12-3-2-4-13(9-12)15-11-5-7-19(17,18)8-6-11/h2-4,9,11,15H,5-8H2,1H3,(H,14,16). The Hall–Kier alpha value is -1.56. The molecule has 0 aromatic heterocycles. The molecule has 1 aliphatic rings. The molecule has 2 N–H and O–H groups in total. The molecule has 19 heavy (non-hydrogen) atoms. The predicted octanol–water partition coefficient (Wildman–Crippen LogP) is 1.63. The van der Waals surface area contributed by atoms with Crippen LogP contribution in [0.2, 0.25) is 0 Å². The second-order valence-electron chi connectivity index (χ2n) is 4.83. The molecule has 1 aromatic carbocycles. The number of sulfone groups is 1. The fourth-order valence-corrected chi connectivity index (χ4v) is 3.65. The molecule has 104 valence electrons. The summed E-state index contributed by atoms with van der Waals surface area (Å²) in [7, 11) is -2.83. The van der Waals surface area contributed by atoms with Gasteiger partial charge in [-0.3, -0.25) is 4.79 Å². The minimum atomic E-state index is -2.83. The highest BCUT2D eigenvalue weighted by Crippen LogP contribution is 2.20. The summed E-state index contributed by atoms with van der Waals surface area (Å²) in [6.45, 7) is 1.46. The van der Waals surface area contributed by atoms with Gasteiger partial charge < -0.3 is 10.6 Å². The zero-order valence-electron chi connectivity index (χ0n) is 10.8. The van der Waals surface area contributed by atoms with Crippen molar-refractivity contribution in [2.24, 2.45) is 0 Å². The van der Waals surface area contributed by atoms with E-state index in [1.165, 1.54) is 6.92 Å². The largest absolute Gasteiger partial charge is 0.382 e. The number of anilines is 2. The van der Waals surface area contributed by atoms with Crippen molar-refractivity contribution in [2.75, 3.05) is 22.1 Å². The Morgan fingerprint density at radius 2 is 1.84 bits per heavy atom. The van der Waals surface area contributed by atoms with E-state index in [0.29, 0.717) is 12.8 Å². The summed E-state index contributed by atoms with van der Waals surface area (Å²) in [5.41, 5.74) is 1.64. The smallest absolute Gasteiger partial charge is 0.221 e. The van der Waals surface area contributed by atoms with Gasteiger partial charge in [-0.25, -0.2) is 8.42 Å². The van der Waals surface area contributed by atoms with Crippen LogP contribution in [0.25, 0.3) is 0 Å². The highest BCUT2D eigenvalue weighted by atomic mass is 32.2. The van der Waals surface area contributed by atoms with Gasteiger partial charge in [-0.1, -0.05) is 6.07 Å². The molecule has 2 rings (SSSR count). The van der Waals surface area contributed by atoms with Gasteiger partial charge in [0.1, 0.15) is 9.84 Å². The topological polar surface area (TPSA) is 75.3 Å². The van der Waals surface area contributed by atoms with Gasteiger partial charge in [0, 0.05) is 24.3 Å². The van der Waals surface area contributed by atoms with Crippen molar-refractivity contribution in [3.05, 3.63) is 24.3 Å². The summed E-state index contributed by atoms with van der Waals surface area (Å²) in [5, 5.41) is 6.04. The highest BCUT2D eigenvalue weighted by Gasteiger charge is 2.23. The second kappa shape index (κ2) is 5.61. The number of rotatable bonds is 3. The van der Waals surface area contributed by atoms with Crippen molar-refractivity contribution < 1.29 is 13.2 Å². The van der Waals surface area contributed by atoms with Gasteiger partial charge in [0.15, 0.2) is 0 Å². The summed E-state index contributed by atoms with van der Waals surface area (Å²) in [6.07, 6.45) is 1.26. The minimum absolute atomic E-state index is 0.110. The average Bonchev–Trinajstić information content (AvgIpc) is 2.32. The first kappa shape index (κ1) is 13.9. The Balaban J connectivity index is 1.98. The molecule has 1 heterocycles. The van der Waals surface area contributed by atoms with Crippen molar-refractivity contribution in [1.29, 1.82) is 0 Å². The molecule has 0 saturated carbocycles. The van der Waals surface area contributed by atoms with Crippen LogP contribution in [0.15, 0.2) is 24.3 Å². The number of amides is 1. The molecule has 0 aliphatic carbocycles. The molecule has 1 fully saturated rings. The lowest BCUT2D eigenvalue weighted by Gasteiger charge is -2.24. The zero-order valence-corrected chi connectivity index (χ0v) is 11.7.